The zero-order chi connectivity index (χ0) is 13.4. The zero-order valence-electron chi connectivity index (χ0n) is 10.5. The van der Waals surface area contributed by atoms with E-state index in [0.717, 1.165) is 12.8 Å². The number of carbonyl (C=O) groups excluding carboxylic acids is 1. The SMILES string of the molecule is CCCC(COC(=O)c1ccccc1)CC(=O)O. The van der Waals surface area contributed by atoms with Crippen LogP contribution >= 0.6 is 0 Å². The number of hydrogen-bond acceptors (Lipinski definition) is 3. The van der Waals surface area contributed by atoms with Crippen molar-refractivity contribution in [1.29, 1.82) is 0 Å². The maximum atomic E-state index is 11.7. The molecule has 0 aliphatic carbocycles. The maximum absolute atomic E-state index is 11.7. The highest BCUT2D eigenvalue weighted by Gasteiger charge is 2.15. The predicted octanol–water partition coefficient (Wildman–Crippen LogP) is 2.73. The van der Waals surface area contributed by atoms with Gasteiger partial charge in [0.15, 0.2) is 0 Å². The summed E-state index contributed by atoms with van der Waals surface area (Å²) < 4.78 is 5.14. The van der Waals surface area contributed by atoms with E-state index < -0.39 is 11.9 Å². The molecule has 4 nitrogen and oxygen atoms in total. The van der Waals surface area contributed by atoms with Crippen molar-refractivity contribution >= 4 is 11.9 Å². The Hall–Kier alpha value is -1.84. The fourth-order valence-electron chi connectivity index (χ4n) is 1.75. The van der Waals surface area contributed by atoms with E-state index in [1.54, 1.807) is 24.3 Å². The molecular formula is C14H18O4. The normalized spacial score (nSPS) is 11.8. The molecule has 0 bridgehead atoms. The number of ether oxygens (including phenoxy) is 1. The van der Waals surface area contributed by atoms with Gasteiger partial charge in [0, 0.05) is 5.92 Å². The Morgan fingerprint density at radius 3 is 2.50 bits per heavy atom. The molecule has 0 aliphatic heterocycles. The third-order valence-corrected chi connectivity index (χ3v) is 2.62. The van der Waals surface area contributed by atoms with Crippen molar-refractivity contribution in [3.63, 3.8) is 0 Å². The van der Waals surface area contributed by atoms with Crippen molar-refractivity contribution in [3.05, 3.63) is 35.9 Å². The quantitative estimate of drug-likeness (QED) is 0.756. The summed E-state index contributed by atoms with van der Waals surface area (Å²) in [5.41, 5.74) is 0.489. The lowest BCUT2D eigenvalue weighted by Gasteiger charge is -2.14. The minimum atomic E-state index is -0.857. The summed E-state index contributed by atoms with van der Waals surface area (Å²) in [6.07, 6.45) is 1.66. The minimum absolute atomic E-state index is 0.0376. The van der Waals surface area contributed by atoms with Crippen LogP contribution in [0.25, 0.3) is 0 Å². The number of carboxylic acids is 1. The number of esters is 1. The number of benzene rings is 1. The number of aliphatic carboxylic acids is 1. The van der Waals surface area contributed by atoms with E-state index in [-0.39, 0.29) is 18.9 Å². The molecule has 1 rings (SSSR count). The Morgan fingerprint density at radius 1 is 1.28 bits per heavy atom. The second kappa shape index (κ2) is 7.48. The summed E-state index contributed by atoms with van der Waals surface area (Å²) >= 11 is 0. The van der Waals surface area contributed by atoms with Gasteiger partial charge in [-0.2, -0.15) is 0 Å². The van der Waals surface area contributed by atoms with Crippen LogP contribution in [0.15, 0.2) is 30.3 Å². The summed E-state index contributed by atoms with van der Waals surface area (Å²) in [6, 6.07) is 8.69. The Bertz CT molecular complexity index is 386. The average Bonchev–Trinajstić information content (AvgIpc) is 2.36. The fraction of sp³-hybridized carbons (Fsp3) is 0.429. The summed E-state index contributed by atoms with van der Waals surface area (Å²) in [4.78, 5) is 22.3. The lowest BCUT2D eigenvalue weighted by Crippen LogP contribution is -2.17. The van der Waals surface area contributed by atoms with Gasteiger partial charge >= 0.3 is 11.9 Å². The molecule has 0 spiro atoms. The lowest BCUT2D eigenvalue weighted by atomic mass is 10.0. The van der Waals surface area contributed by atoms with Crippen LogP contribution in [-0.4, -0.2) is 23.7 Å². The summed E-state index contributed by atoms with van der Waals surface area (Å²) in [7, 11) is 0. The first kappa shape index (κ1) is 14.2. The van der Waals surface area contributed by atoms with Crippen LogP contribution in [0.3, 0.4) is 0 Å². The Balaban J connectivity index is 2.46. The molecule has 0 aromatic heterocycles. The first-order valence-corrected chi connectivity index (χ1v) is 6.07. The van der Waals surface area contributed by atoms with Crippen LogP contribution in [0, 0.1) is 5.92 Å². The van der Waals surface area contributed by atoms with Crippen LogP contribution in [0.5, 0.6) is 0 Å². The molecule has 1 atom stereocenters. The van der Waals surface area contributed by atoms with Crippen LogP contribution < -0.4 is 0 Å². The highest BCUT2D eigenvalue weighted by molar-refractivity contribution is 5.89. The van der Waals surface area contributed by atoms with Crippen molar-refractivity contribution in [2.45, 2.75) is 26.2 Å². The van der Waals surface area contributed by atoms with Crippen molar-refractivity contribution < 1.29 is 19.4 Å². The third-order valence-electron chi connectivity index (χ3n) is 2.62. The smallest absolute Gasteiger partial charge is 0.338 e. The van der Waals surface area contributed by atoms with Crippen LogP contribution in [-0.2, 0) is 9.53 Å². The summed E-state index contributed by atoms with van der Waals surface area (Å²) in [6.45, 7) is 2.14. The van der Waals surface area contributed by atoms with Crippen molar-refractivity contribution in [3.8, 4) is 0 Å². The lowest BCUT2D eigenvalue weighted by molar-refractivity contribution is -0.138. The molecule has 18 heavy (non-hydrogen) atoms. The van der Waals surface area contributed by atoms with Gasteiger partial charge in [0.25, 0.3) is 0 Å². The Morgan fingerprint density at radius 2 is 1.94 bits per heavy atom. The van der Waals surface area contributed by atoms with Crippen molar-refractivity contribution in [2.75, 3.05) is 6.61 Å². The number of rotatable bonds is 7. The first-order chi connectivity index (χ1) is 8.63. The van der Waals surface area contributed by atoms with Gasteiger partial charge in [-0.1, -0.05) is 31.5 Å². The third kappa shape index (κ3) is 4.99. The molecule has 1 unspecified atom stereocenters. The van der Waals surface area contributed by atoms with Crippen LogP contribution in [0.2, 0.25) is 0 Å². The van der Waals surface area contributed by atoms with E-state index in [0.29, 0.717) is 5.56 Å². The summed E-state index contributed by atoms with van der Waals surface area (Å²) in [5, 5.41) is 8.75. The largest absolute Gasteiger partial charge is 0.481 e. The van der Waals surface area contributed by atoms with Gasteiger partial charge in [0.05, 0.1) is 18.6 Å². The Labute approximate surface area is 107 Å². The predicted molar refractivity (Wildman–Crippen MR) is 67.4 cm³/mol. The molecule has 1 aromatic carbocycles. The van der Waals surface area contributed by atoms with E-state index in [4.69, 9.17) is 9.84 Å². The van der Waals surface area contributed by atoms with E-state index >= 15 is 0 Å². The highest BCUT2D eigenvalue weighted by atomic mass is 16.5. The second-order valence-corrected chi connectivity index (χ2v) is 4.22. The number of carbonyl (C=O) groups is 2. The molecule has 0 saturated carbocycles. The standard InChI is InChI=1S/C14H18O4/c1-2-6-11(9-13(15)16)10-18-14(17)12-7-4-3-5-8-12/h3-5,7-8,11H,2,6,9-10H2,1H3,(H,15,16). The van der Waals surface area contributed by atoms with Crippen LogP contribution in [0.1, 0.15) is 36.5 Å². The molecule has 0 radical (unpaired) electrons. The molecule has 0 fully saturated rings. The second-order valence-electron chi connectivity index (χ2n) is 4.22. The first-order valence-electron chi connectivity index (χ1n) is 6.07. The van der Waals surface area contributed by atoms with Crippen molar-refractivity contribution in [2.24, 2.45) is 5.92 Å². The van der Waals surface area contributed by atoms with Gasteiger partial charge in [0.1, 0.15) is 0 Å². The zero-order valence-corrected chi connectivity index (χ0v) is 10.5. The van der Waals surface area contributed by atoms with E-state index in [9.17, 15) is 9.59 Å². The van der Waals surface area contributed by atoms with Gasteiger partial charge in [-0.3, -0.25) is 4.79 Å². The average molecular weight is 250 g/mol. The molecule has 0 heterocycles. The van der Waals surface area contributed by atoms with Crippen LogP contribution in [0.4, 0.5) is 0 Å². The van der Waals surface area contributed by atoms with Gasteiger partial charge in [-0.15, -0.1) is 0 Å². The van der Waals surface area contributed by atoms with Gasteiger partial charge in [0.2, 0.25) is 0 Å². The molecule has 4 heteroatoms. The number of carboxylic acid groups (broad SMARTS) is 1. The van der Waals surface area contributed by atoms with Crippen molar-refractivity contribution in [1.82, 2.24) is 0 Å². The molecule has 0 amide bonds. The Kier molecular flexibility index (Phi) is 5.91. The van der Waals surface area contributed by atoms with E-state index in [1.165, 1.54) is 0 Å². The van der Waals surface area contributed by atoms with Gasteiger partial charge in [-0.25, -0.2) is 4.79 Å². The molecule has 0 aliphatic rings. The molecule has 0 saturated heterocycles. The molecule has 1 aromatic rings. The minimum Gasteiger partial charge on any atom is -0.481 e. The molecular weight excluding hydrogens is 232 g/mol. The molecule has 98 valence electrons. The monoisotopic (exact) mass is 250 g/mol. The highest BCUT2D eigenvalue weighted by Crippen LogP contribution is 2.13. The topological polar surface area (TPSA) is 63.6 Å². The summed E-state index contributed by atoms with van der Waals surface area (Å²) in [5.74, 6) is -1.37. The fourth-order valence-corrected chi connectivity index (χ4v) is 1.75. The van der Waals surface area contributed by atoms with E-state index in [1.807, 2.05) is 13.0 Å². The maximum Gasteiger partial charge on any atom is 0.338 e. The van der Waals surface area contributed by atoms with E-state index in [2.05, 4.69) is 0 Å². The van der Waals surface area contributed by atoms with Gasteiger partial charge < -0.3 is 9.84 Å². The number of hydrogen-bond donors (Lipinski definition) is 1. The van der Waals surface area contributed by atoms with Gasteiger partial charge in [-0.05, 0) is 18.6 Å². The molecule has 1 N–H and O–H groups in total.